The summed E-state index contributed by atoms with van der Waals surface area (Å²) in [6.07, 6.45) is 4.89. The zero-order valence-corrected chi connectivity index (χ0v) is 11.9. The lowest BCUT2D eigenvalue weighted by molar-refractivity contribution is 0.0957. The van der Waals surface area contributed by atoms with E-state index in [4.69, 9.17) is 4.74 Å². The van der Waals surface area contributed by atoms with Gasteiger partial charge in [-0.2, -0.15) is 0 Å². The summed E-state index contributed by atoms with van der Waals surface area (Å²) < 4.78 is 5.33. The molecule has 0 bridgehead atoms. The number of benzene rings is 1. The highest BCUT2D eigenvalue weighted by molar-refractivity contribution is 5.33. The van der Waals surface area contributed by atoms with Crippen LogP contribution in [0.2, 0.25) is 0 Å². The Hall–Kier alpha value is -1.02. The maximum absolute atomic E-state index is 10.4. The standard InChI is InChI=1S/C16H26O2/c1-4-8-13(9-5-2)15(17)12-14-10-6-7-11-16(14)18-3/h6-7,10-11,13,15,17H,4-5,8-9,12H2,1-3H3. The molecular weight excluding hydrogens is 224 g/mol. The van der Waals surface area contributed by atoms with Crippen LogP contribution in [0.4, 0.5) is 0 Å². The second-order valence-corrected chi connectivity index (χ2v) is 4.92. The zero-order valence-electron chi connectivity index (χ0n) is 11.9. The molecule has 1 atom stereocenters. The number of hydrogen-bond acceptors (Lipinski definition) is 2. The third-order valence-corrected chi connectivity index (χ3v) is 3.48. The number of methoxy groups -OCH3 is 1. The molecule has 0 heterocycles. The van der Waals surface area contributed by atoms with Crippen LogP contribution in [0.5, 0.6) is 5.75 Å². The van der Waals surface area contributed by atoms with Crippen LogP contribution < -0.4 is 4.74 Å². The van der Waals surface area contributed by atoms with Gasteiger partial charge in [0.1, 0.15) is 5.75 Å². The second-order valence-electron chi connectivity index (χ2n) is 4.92. The summed E-state index contributed by atoms with van der Waals surface area (Å²) in [6, 6.07) is 7.96. The second kappa shape index (κ2) is 8.15. The minimum absolute atomic E-state index is 0.263. The number of para-hydroxylation sites is 1. The van der Waals surface area contributed by atoms with E-state index in [1.54, 1.807) is 7.11 Å². The SMILES string of the molecule is CCCC(CCC)C(O)Cc1ccccc1OC. The van der Waals surface area contributed by atoms with Crippen molar-refractivity contribution in [2.45, 2.75) is 52.1 Å². The molecule has 0 aliphatic heterocycles. The van der Waals surface area contributed by atoms with Crippen molar-refractivity contribution < 1.29 is 9.84 Å². The predicted octanol–water partition coefficient (Wildman–Crippen LogP) is 3.82. The Balaban J connectivity index is 2.68. The Morgan fingerprint density at radius 2 is 1.72 bits per heavy atom. The predicted molar refractivity (Wildman–Crippen MR) is 76.0 cm³/mol. The van der Waals surface area contributed by atoms with E-state index >= 15 is 0 Å². The van der Waals surface area contributed by atoms with Gasteiger partial charge in [-0.1, -0.05) is 44.9 Å². The van der Waals surface area contributed by atoms with Crippen molar-refractivity contribution in [3.63, 3.8) is 0 Å². The topological polar surface area (TPSA) is 29.5 Å². The van der Waals surface area contributed by atoms with E-state index in [1.165, 1.54) is 0 Å². The summed E-state index contributed by atoms with van der Waals surface area (Å²) in [6.45, 7) is 4.36. The van der Waals surface area contributed by atoms with Gasteiger partial charge in [0.05, 0.1) is 13.2 Å². The maximum Gasteiger partial charge on any atom is 0.122 e. The van der Waals surface area contributed by atoms with E-state index < -0.39 is 0 Å². The lowest BCUT2D eigenvalue weighted by Crippen LogP contribution is -2.23. The Morgan fingerprint density at radius 1 is 1.11 bits per heavy atom. The van der Waals surface area contributed by atoms with Crippen LogP contribution in [-0.2, 0) is 6.42 Å². The molecule has 18 heavy (non-hydrogen) atoms. The van der Waals surface area contributed by atoms with E-state index in [9.17, 15) is 5.11 Å². The molecule has 1 unspecified atom stereocenters. The largest absolute Gasteiger partial charge is 0.496 e. The molecule has 1 aromatic rings. The smallest absolute Gasteiger partial charge is 0.122 e. The summed E-state index contributed by atoms with van der Waals surface area (Å²) in [7, 11) is 1.68. The molecule has 102 valence electrons. The van der Waals surface area contributed by atoms with Gasteiger partial charge < -0.3 is 9.84 Å². The van der Waals surface area contributed by atoms with Crippen LogP contribution in [0.1, 0.15) is 45.1 Å². The minimum Gasteiger partial charge on any atom is -0.496 e. The molecule has 2 heteroatoms. The van der Waals surface area contributed by atoms with E-state index in [1.807, 2.05) is 24.3 Å². The Bertz CT molecular complexity index is 330. The molecular formula is C16H26O2. The Morgan fingerprint density at radius 3 is 2.28 bits per heavy atom. The average Bonchev–Trinajstić information content (AvgIpc) is 2.39. The van der Waals surface area contributed by atoms with Crippen LogP contribution in [0, 0.1) is 5.92 Å². The van der Waals surface area contributed by atoms with Gasteiger partial charge in [-0.3, -0.25) is 0 Å². The summed E-state index contributed by atoms with van der Waals surface area (Å²) >= 11 is 0. The van der Waals surface area contributed by atoms with Gasteiger partial charge in [0.15, 0.2) is 0 Å². The molecule has 1 rings (SSSR count). The third kappa shape index (κ3) is 4.34. The number of hydrogen-bond donors (Lipinski definition) is 1. The molecule has 1 aromatic carbocycles. The highest BCUT2D eigenvalue weighted by Gasteiger charge is 2.19. The molecule has 0 saturated heterocycles. The minimum atomic E-state index is -0.263. The van der Waals surface area contributed by atoms with Crippen molar-refractivity contribution in [1.82, 2.24) is 0 Å². The lowest BCUT2D eigenvalue weighted by Gasteiger charge is -2.22. The monoisotopic (exact) mass is 250 g/mol. The summed E-state index contributed by atoms with van der Waals surface area (Å²) in [5.74, 6) is 1.29. The van der Waals surface area contributed by atoms with Gasteiger partial charge in [-0.25, -0.2) is 0 Å². The van der Waals surface area contributed by atoms with Crippen LogP contribution in [0.25, 0.3) is 0 Å². The van der Waals surface area contributed by atoms with Crippen molar-refractivity contribution in [1.29, 1.82) is 0 Å². The van der Waals surface area contributed by atoms with Gasteiger partial charge in [-0.15, -0.1) is 0 Å². The average molecular weight is 250 g/mol. The van der Waals surface area contributed by atoms with Crippen molar-refractivity contribution >= 4 is 0 Å². The molecule has 0 aliphatic carbocycles. The summed E-state index contributed by atoms with van der Waals surface area (Å²) in [4.78, 5) is 0. The van der Waals surface area contributed by atoms with E-state index in [0.29, 0.717) is 12.3 Å². The van der Waals surface area contributed by atoms with Crippen LogP contribution in [0.15, 0.2) is 24.3 Å². The third-order valence-electron chi connectivity index (χ3n) is 3.48. The first-order valence-electron chi connectivity index (χ1n) is 7.02. The first-order chi connectivity index (χ1) is 8.72. The van der Waals surface area contributed by atoms with E-state index in [-0.39, 0.29) is 6.10 Å². The van der Waals surface area contributed by atoms with Gasteiger partial charge in [0.2, 0.25) is 0 Å². The first kappa shape index (κ1) is 15.0. The molecule has 0 aliphatic rings. The number of aliphatic hydroxyl groups excluding tert-OH is 1. The fourth-order valence-electron chi connectivity index (χ4n) is 2.53. The van der Waals surface area contributed by atoms with E-state index in [2.05, 4.69) is 13.8 Å². The number of ether oxygens (including phenoxy) is 1. The van der Waals surface area contributed by atoms with Gasteiger partial charge >= 0.3 is 0 Å². The Labute approximate surface area is 111 Å². The van der Waals surface area contributed by atoms with Gasteiger partial charge in [-0.05, 0) is 30.4 Å². The van der Waals surface area contributed by atoms with Crippen LogP contribution >= 0.6 is 0 Å². The van der Waals surface area contributed by atoms with E-state index in [0.717, 1.165) is 37.0 Å². The fraction of sp³-hybridized carbons (Fsp3) is 0.625. The highest BCUT2D eigenvalue weighted by atomic mass is 16.5. The normalized spacial score (nSPS) is 12.7. The molecule has 0 saturated carbocycles. The maximum atomic E-state index is 10.4. The van der Waals surface area contributed by atoms with Crippen molar-refractivity contribution in [2.75, 3.05) is 7.11 Å². The highest BCUT2D eigenvalue weighted by Crippen LogP contribution is 2.25. The fourth-order valence-corrected chi connectivity index (χ4v) is 2.53. The Kier molecular flexibility index (Phi) is 6.81. The summed E-state index contributed by atoms with van der Waals surface area (Å²) in [5.41, 5.74) is 1.10. The van der Waals surface area contributed by atoms with Gasteiger partial charge in [0.25, 0.3) is 0 Å². The van der Waals surface area contributed by atoms with Crippen molar-refractivity contribution in [3.05, 3.63) is 29.8 Å². The molecule has 2 nitrogen and oxygen atoms in total. The molecule has 0 aromatic heterocycles. The molecule has 0 radical (unpaired) electrons. The number of aliphatic hydroxyl groups is 1. The zero-order chi connectivity index (χ0) is 13.4. The molecule has 0 spiro atoms. The van der Waals surface area contributed by atoms with Crippen LogP contribution in [-0.4, -0.2) is 18.3 Å². The molecule has 1 N–H and O–H groups in total. The van der Waals surface area contributed by atoms with Gasteiger partial charge in [0, 0.05) is 6.42 Å². The summed E-state index contributed by atoms with van der Waals surface area (Å²) in [5, 5.41) is 10.4. The quantitative estimate of drug-likeness (QED) is 0.760. The molecule has 0 amide bonds. The van der Waals surface area contributed by atoms with Crippen molar-refractivity contribution in [3.8, 4) is 5.75 Å². The van der Waals surface area contributed by atoms with Crippen LogP contribution in [0.3, 0.4) is 0 Å². The molecule has 0 fully saturated rings. The first-order valence-corrected chi connectivity index (χ1v) is 7.02. The van der Waals surface area contributed by atoms with Crippen molar-refractivity contribution in [2.24, 2.45) is 5.92 Å². The lowest BCUT2D eigenvalue weighted by atomic mass is 9.88. The number of rotatable bonds is 8.